The van der Waals surface area contributed by atoms with Gasteiger partial charge in [-0.2, -0.15) is 0 Å². The van der Waals surface area contributed by atoms with Gasteiger partial charge >= 0.3 is 5.97 Å². The van der Waals surface area contributed by atoms with Gasteiger partial charge in [-0.25, -0.2) is 28.2 Å². The highest BCUT2D eigenvalue weighted by molar-refractivity contribution is 7.91. The minimum Gasteiger partial charge on any atom is -0.474 e. The van der Waals surface area contributed by atoms with Crippen molar-refractivity contribution in [2.24, 2.45) is 5.73 Å². The molecule has 0 amide bonds. The third-order valence-corrected chi connectivity index (χ3v) is 9.37. The first-order chi connectivity index (χ1) is 19.0. The number of nitrogens with two attached hydrogens (primary N) is 1. The molecule has 41 heavy (non-hydrogen) atoms. The van der Waals surface area contributed by atoms with Gasteiger partial charge in [0.2, 0.25) is 5.88 Å². The summed E-state index contributed by atoms with van der Waals surface area (Å²) in [6.45, 7) is 11.3. The molecule has 0 saturated heterocycles. The van der Waals surface area contributed by atoms with Gasteiger partial charge in [-0.1, -0.05) is 6.92 Å². The average molecular weight is 586 g/mol. The third kappa shape index (κ3) is 6.44. The van der Waals surface area contributed by atoms with Gasteiger partial charge in [-0.3, -0.25) is 0 Å². The zero-order chi connectivity index (χ0) is 30.3. The summed E-state index contributed by atoms with van der Waals surface area (Å²) in [7, 11) is -1.62. The van der Waals surface area contributed by atoms with Crippen LogP contribution >= 0.6 is 0 Å². The predicted octanol–water partition coefficient (Wildman–Crippen LogP) is 4.23. The lowest BCUT2D eigenvalue weighted by Gasteiger charge is -2.36. The summed E-state index contributed by atoms with van der Waals surface area (Å²) in [6.07, 6.45) is 4.40. The normalized spacial score (nSPS) is 19.5. The lowest BCUT2D eigenvalue weighted by Crippen LogP contribution is -2.39. The van der Waals surface area contributed by atoms with E-state index in [0.717, 1.165) is 10.9 Å². The van der Waals surface area contributed by atoms with Crippen molar-refractivity contribution in [1.82, 2.24) is 15.0 Å². The van der Waals surface area contributed by atoms with E-state index in [1.54, 1.807) is 38.6 Å². The Kier molecular flexibility index (Phi) is 8.32. The Morgan fingerprint density at radius 1 is 1.17 bits per heavy atom. The number of nitrogens with one attached hydrogen (secondary N) is 1. The van der Waals surface area contributed by atoms with Gasteiger partial charge in [-0.15, -0.1) is 0 Å². The number of cyclic esters (lactones) is 1. The second-order valence-electron chi connectivity index (χ2n) is 11.7. The van der Waals surface area contributed by atoms with E-state index in [2.05, 4.69) is 15.3 Å². The van der Waals surface area contributed by atoms with Crippen LogP contribution in [-0.2, 0) is 24.8 Å². The molecule has 3 N–H and O–H groups in total. The Bertz CT molecular complexity index is 1570. The lowest BCUT2D eigenvalue weighted by atomic mass is 9.84. The molecule has 4 rings (SSSR count). The molecule has 11 nitrogen and oxygen atoms in total. The molecule has 0 fully saturated rings. The van der Waals surface area contributed by atoms with Crippen molar-refractivity contribution in [3.63, 3.8) is 0 Å². The minimum absolute atomic E-state index is 0.113. The van der Waals surface area contributed by atoms with Crippen molar-refractivity contribution in [1.29, 1.82) is 0 Å². The average Bonchev–Trinajstić information content (AvgIpc) is 2.86. The second kappa shape index (κ2) is 11.1. The molecule has 4 atom stereocenters. The monoisotopic (exact) mass is 585 g/mol. The van der Waals surface area contributed by atoms with Crippen LogP contribution < -0.4 is 15.8 Å². The summed E-state index contributed by atoms with van der Waals surface area (Å²) in [5.74, 6) is 0.844. The van der Waals surface area contributed by atoms with Gasteiger partial charge in [0, 0.05) is 43.7 Å². The van der Waals surface area contributed by atoms with Crippen molar-refractivity contribution < 1.29 is 27.4 Å². The van der Waals surface area contributed by atoms with E-state index in [0.29, 0.717) is 40.6 Å². The molecule has 12 heteroatoms. The third-order valence-electron chi connectivity index (χ3n) is 7.71. The predicted molar refractivity (Wildman–Crippen MR) is 157 cm³/mol. The maximum absolute atomic E-state index is 12.5. The molecule has 1 unspecified atom stereocenters. The van der Waals surface area contributed by atoms with Crippen molar-refractivity contribution in [3.05, 3.63) is 47.4 Å². The second-order valence-corrected chi connectivity index (χ2v) is 14.2. The number of rotatable bonds is 10. The molecule has 0 saturated carbocycles. The number of fused-ring (bicyclic) bond motifs is 2. The Morgan fingerprint density at radius 3 is 2.54 bits per heavy atom. The molecule has 222 valence electrons. The number of esters is 1. The van der Waals surface area contributed by atoms with Crippen molar-refractivity contribution in [2.45, 2.75) is 76.4 Å². The molecule has 0 aromatic carbocycles. The number of carbonyl (C=O) groups is 1. The van der Waals surface area contributed by atoms with Gasteiger partial charge in [0.25, 0.3) is 0 Å². The fraction of sp³-hybridized carbons (Fsp3) is 0.517. The van der Waals surface area contributed by atoms with Crippen LogP contribution in [0.4, 0.5) is 11.6 Å². The van der Waals surface area contributed by atoms with Crippen molar-refractivity contribution in [2.75, 3.05) is 25.3 Å². The lowest BCUT2D eigenvalue weighted by molar-refractivity contribution is -0.0189. The van der Waals surface area contributed by atoms with E-state index < -0.39 is 38.3 Å². The maximum Gasteiger partial charge on any atom is 0.340 e. The highest BCUT2D eigenvalue weighted by atomic mass is 32.2. The van der Waals surface area contributed by atoms with Crippen molar-refractivity contribution >= 4 is 38.2 Å². The van der Waals surface area contributed by atoms with Crippen LogP contribution in [0.15, 0.2) is 30.6 Å². The fourth-order valence-corrected chi connectivity index (χ4v) is 5.50. The molecule has 4 heterocycles. The molecular formula is C29H39N5O6S. The van der Waals surface area contributed by atoms with Crippen LogP contribution in [0.1, 0.15) is 75.5 Å². The number of sulfone groups is 1. The van der Waals surface area contributed by atoms with E-state index in [4.69, 9.17) is 24.9 Å². The largest absolute Gasteiger partial charge is 0.474 e. The summed E-state index contributed by atoms with van der Waals surface area (Å²) in [6, 6.07) is 5.25. The Morgan fingerprint density at radius 2 is 1.88 bits per heavy atom. The maximum atomic E-state index is 12.5. The Balaban J connectivity index is 1.72. The van der Waals surface area contributed by atoms with Gasteiger partial charge in [0.1, 0.15) is 27.1 Å². The summed E-state index contributed by atoms with van der Waals surface area (Å²) in [4.78, 5) is 26.4. The molecular weight excluding hydrogens is 546 g/mol. The first kappa shape index (κ1) is 30.6. The number of ether oxygens (including phenoxy) is 3. The number of aromatic nitrogens is 3. The molecule has 0 aliphatic carbocycles. The SMILES string of the molecule is COCC(C)(N)c1cnc(O[C@H](C)C[C@@H](C)S(C)(=O)=O)c2cnc(Nc3ccc4c(n3)[C@@H](C)C(C)(C)OC4=O)cc12. The van der Waals surface area contributed by atoms with Crippen LogP contribution in [0.2, 0.25) is 0 Å². The molecule has 0 radical (unpaired) electrons. The summed E-state index contributed by atoms with van der Waals surface area (Å²) in [5, 5.41) is 4.05. The topological polar surface area (TPSA) is 156 Å². The molecule has 1 aliphatic rings. The summed E-state index contributed by atoms with van der Waals surface area (Å²) in [5.41, 5.74) is 6.91. The zero-order valence-electron chi connectivity index (χ0n) is 24.8. The summed E-state index contributed by atoms with van der Waals surface area (Å²) >= 11 is 0. The number of pyridine rings is 3. The van der Waals surface area contributed by atoms with E-state index in [-0.39, 0.29) is 12.5 Å². The number of carbonyl (C=O) groups excluding carboxylic acids is 1. The van der Waals surface area contributed by atoms with Crippen molar-refractivity contribution in [3.8, 4) is 5.88 Å². The number of methoxy groups -OCH3 is 1. The molecule has 0 spiro atoms. The van der Waals surface area contributed by atoms with E-state index in [9.17, 15) is 13.2 Å². The number of hydrogen-bond acceptors (Lipinski definition) is 11. The molecule has 3 aromatic heterocycles. The van der Waals surface area contributed by atoms with Crippen LogP contribution in [0.3, 0.4) is 0 Å². The zero-order valence-corrected chi connectivity index (χ0v) is 25.6. The number of anilines is 2. The standard InChI is InChI=1S/C29H39N5O6S/c1-16(11-17(2)41(8,36)37)39-26-21-13-31-24(12-20(21)22(14-32-26)29(6,30)15-38-7)33-23-10-9-19-25(34-23)18(3)28(4,5)40-27(19)35/h9-10,12-14,16-18H,11,15,30H2,1-8H3,(H,31,33,34)/t16-,17-,18-,29?/m1/s1. The fourth-order valence-electron chi connectivity index (χ4n) is 4.88. The van der Waals surface area contributed by atoms with Gasteiger partial charge < -0.3 is 25.3 Å². The highest BCUT2D eigenvalue weighted by Gasteiger charge is 2.40. The summed E-state index contributed by atoms with van der Waals surface area (Å²) < 4.78 is 40.9. The smallest absolute Gasteiger partial charge is 0.340 e. The van der Waals surface area contributed by atoms with E-state index >= 15 is 0 Å². The van der Waals surface area contributed by atoms with Gasteiger partial charge in [0.15, 0.2) is 0 Å². The van der Waals surface area contributed by atoms with Gasteiger partial charge in [-0.05, 0) is 58.2 Å². The van der Waals surface area contributed by atoms with Gasteiger partial charge in [0.05, 0.1) is 40.1 Å². The molecule has 3 aromatic rings. The molecule has 0 bridgehead atoms. The van der Waals surface area contributed by atoms with Crippen LogP contribution in [0, 0.1) is 0 Å². The van der Waals surface area contributed by atoms with E-state index in [1.165, 1.54) is 6.26 Å². The first-order valence-electron chi connectivity index (χ1n) is 13.5. The minimum atomic E-state index is -3.20. The first-order valence-corrected chi connectivity index (χ1v) is 15.4. The van der Waals surface area contributed by atoms with Crippen LogP contribution in [0.5, 0.6) is 5.88 Å². The Labute approximate surface area is 241 Å². The molecule has 1 aliphatic heterocycles. The van der Waals surface area contributed by atoms with E-state index in [1.807, 2.05) is 40.7 Å². The van der Waals surface area contributed by atoms with Crippen LogP contribution in [0.25, 0.3) is 10.8 Å². The van der Waals surface area contributed by atoms with Crippen LogP contribution in [-0.4, -0.2) is 66.3 Å². The Hall–Kier alpha value is -3.35. The number of nitrogens with zero attached hydrogens (tertiary/aromatic N) is 3. The number of hydrogen-bond donors (Lipinski definition) is 2. The quantitative estimate of drug-likeness (QED) is 0.328. The highest BCUT2D eigenvalue weighted by Crippen LogP contribution is 2.38.